The molecule has 0 spiro atoms. The SMILES string of the molecule is CCC(CC)[C@H](C)CC[C@H](CC)C(C)C. The van der Waals surface area contributed by atoms with Gasteiger partial charge in [0.1, 0.15) is 0 Å². The van der Waals surface area contributed by atoms with Crippen LogP contribution in [-0.2, 0) is 0 Å². The zero-order valence-corrected chi connectivity index (χ0v) is 11.8. The highest BCUT2D eigenvalue weighted by atomic mass is 14.2. The van der Waals surface area contributed by atoms with Crippen molar-refractivity contribution in [1.82, 2.24) is 0 Å². The highest BCUT2D eigenvalue weighted by Gasteiger charge is 2.17. The molecule has 0 nitrogen and oxygen atoms in total. The predicted octanol–water partition coefficient (Wildman–Crippen LogP) is 5.52. The average Bonchev–Trinajstić information content (AvgIpc) is 2.20. The maximum Gasteiger partial charge on any atom is -0.0394 e. The van der Waals surface area contributed by atoms with Crippen LogP contribution in [0, 0.1) is 23.7 Å². The van der Waals surface area contributed by atoms with Crippen molar-refractivity contribution in [2.45, 2.75) is 73.6 Å². The van der Waals surface area contributed by atoms with Crippen molar-refractivity contribution in [2.75, 3.05) is 0 Å². The van der Waals surface area contributed by atoms with Gasteiger partial charge < -0.3 is 0 Å². The summed E-state index contributed by atoms with van der Waals surface area (Å²) in [6, 6.07) is 0. The van der Waals surface area contributed by atoms with Crippen LogP contribution in [0.2, 0.25) is 0 Å². The van der Waals surface area contributed by atoms with Crippen molar-refractivity contribution < 1.29 is 0 Å². The van der Waals surface area contributed by atoms with Crippen molar-refractivity contribution in [3.63, 3.8) is 0 Å². The third-order valence-corrected chi connectivity index (χ3v) is 4.31. The molecule has 2 atom stereocenters. The second kappa shape index (κ2) is 8.19. The summed E-state index contributed by atoms with van der Waals surface area (Å²) in [4.78, 5) is 0. The summed E-state index contributed by atoms with van der Waals surface area (Å²) in [6.07, 6.45) is 6.94. The van der Waals surface area contributed by atoms with Crippen molar-refractivity contribution in [1.29, 1.82) is 0 Å². The molecule has 0 fully saturated rings. The van der Waals surface area contributed by atoms with E-state index in [0.717, 1.165) is 23.7 Å². The lowest BCUT2D eigenvalue weighted by molar-refractivity contribution is 0.263. The second-order valence-corrected chi connectivity index (χ2v) is 5.54. The Balaban J connectivity index is 3.91. The summed E-state index contributed by atoms with van der Waals surface area (Å²) in [6.45, 7) is 14.2. The number of hydrogen-bond acceptors (Lipinski definition) is 0. The summed E-state index contributed by atoms with van der Waals surface area (Å²) >= 11 is 0. The van der Waals surface area contributed by atoms with E-state index in [1.165, 1.54) is 32.1 Å². The van der Waals surface area contributed by atoms with Gasteiger partial charge in [-0.25, -0.2) is 0 Å². The molecule has 0 saturated heterocycles. The summed E-state index contributed by atoms with van der Waals surface area (Å²) in [5.74, 6) is 3.69. The summed E-state index contributed by atoms with van der Waals surface area (Å²) in [5.41, 5.74) is 0. The van der Waals surface area contributed by atoms with E-state index in [0.29, 0.717) is 0 Å². The highest BCUT2D eigenvalue weighted by Crippen LogP contribution is 2.28. The fraction of sp³-hybridized carbons (Fsp3) is 1.00. The van der Waals surface area contributed by atoms with E-state index in [2.05, 4.69) is 41.5 Å². The van der Waals surface area contributed by atoms with Crippen LogP contribution in [0.4, 0.5) is 0 Å². The molecule has 0 radical (unpaired) electrons. The van der Waals surface area contributed by atoms with Crippen molar-refractivity contribution in [3.8, 4) is 0 Å². The Kier molecular flexibility index (Phi) is 8.19. The molecule has 0 unspecified atom stereocenters. The summed E-state index contributed by atoms with van der Waals surface area (Å²) < 4.78 is 0. The Bertz CT molecular complexity index is 133. The van der Waals surface area contributed by atoms with Gasteiger partial charge in [-0.05, 0) is 30.1 Å². The Morgan fingerprint density at radius 2 is 1.13 bits per heavy atom. The van der Waals surface area contributed by atoms with E-state index < -0.39 is 0 Å². The first-order valence-electron chi connectivity index (χ1n) is 7.06. The summed E-state index contributed by atoms with van der Waals surface area (Å²) in [7, 11) is 0. The molecule has 0 bridgehead atoms. The first-order chi connectivity index (χ1) is 7.06. The van der Waals surface area contributed by atoms with Gasteiger partial charge in [0.2, 0.25) is 0 Å². The molecule has 0 aliphatic heterocycles. The normalized spacial score (nSPS) is 16.0. The molecule has 0 heterocycles. The van der Waals surface area contributed by atoms with Crippen molar-refractivity contribution in [3.05, 3.63) is 0 Å². The van der Waals surface area contributed by atoms with Gasteiger partial charge in [0.05, 0.1) is 0 Å². The molecule has 0 aromatic rings. The lowest BCUT2D eigenvalue weighted by Crippen LogP contribution is -2.14. The molecule has 0 aliphatic carbocycles. The zero-order chi connectivity index (χ0) is 11.8. The predicted molar refractivity (Wildman–Crippen MR) is 71.1 cm³/mol. The van der Waals surface area contributed by atoms with Crippen LogP contribution in [0.15, 0.2) is 0 Å². The molecule has 92 valence electrons. The molecule has 0 aromatic carbocycles. The van der Waals surface area contributed by atoms with Crippen molar-refractivity contribution in [2.24, 2.45) is 23.7 Å². The lowest BCUT2D eigenvalue weighted by atomic mass is 9.81. The lowest BCUT2D eigenvalue weighted by Gasteiger charge is -2.25. The Morgan fingerprint density at radius 3 is 1.47 bits per heavy atom. The minimum absolute atomic E-state index is 0.865. The molecule has 0 heteroatoms. The van der Waals surface area contributed by atoms with Gasteiger partial charge in [-0.15, -0.1) is 0 Å². The standard InChI is InChI=1S/C15H32/c1-7-14(8-2)13(6)10-11-15(9-3)12(4)5/h12-15H,7-11H2,1-6H3/t13-,15+/m1/s1. The summed E-state index contributed by atoms with van der Waals surface area (Å²) in [5, 5.41) is 0. The van der Waals surface area contributed by atoms with Gasteiger partial charge in [0.25, 0.3) is 0 Å². The van der Waals surface area contributed by atoms with Crippen LogP contribution in [-0.4, -0.2) is 0 Å². The second-order valence-electron chi connectivity index (χ2n) is 5.54. The molecule has 0 rings (SSSR count). The topological polar surface area (TPSA) is 0 Å². The van der Waals surface area contributed by atoms with Crippen LogP contribution in [0.5, 0.6) is 0 Å². The maximum absolute atomic E-state index is 2.45. The Hall–Kier alpha value is 0. The van der Waals surface area contributed by atoms with Gasteiger partial charge in [-0.1, -0.05) is 67.2 Å². The smallest absolute Gasteiger partial charge is 0.0394 e. The van der Waals surface area contributed by atoms with E-state index in [1.807, 2.05) is 0 Å². The van der Waals surface area contributed by atoms with Crippen LogP contribution in [0.1, 0.15) is 73.6 Å². The molecule has 0 N–H and O–H groups in total. The van der Waals surface area contributed by atoms with Gasteiger partial charge in [0.15, 0.2) is 0 Å². The minimum Gasteiger partial charge on any atom is -0.0651 e. The number of hydrogen-bond donors (Lipinski definition) is 0. The van der Waals surface area contributed by atoms with Crippen LogP contribution < -0.4 is 0 Å². The third-order valence-electron chi connectivity index (χ3n) is 4.31. The van der Waals surface area contributed by atoms with Gasteiger partial charge in [0, 0.05) is 0 Å². The van der Waals surface area contributed by atoms with Gasteiger partial charge in [-0.3, -0.25) is 0 Å². The molecular formula is C15H32. The quantitative estimate of drug-likeness (QED) is 0.497. The minimum atomic E-state index is 0.865. The Morgan fingerprint density at radius 1 is 0.667 bits per heavy atom. The number of rotatable bonds is 8. The van der Waals surface area contributed by atoms with E-state index >= 15 is 0 Å². The molecule has 0 amide bonds. The molecule has 0 aliphatic rings. The third kappa shape index (κ3) is 5.58. The first kappa shape index (κ1) is 15.0. The highest BCUT2D eigenvalue weighted by molar-refractivity contribution is 4.68. The van der Waals surface area contributed by atoms with Crippen LogP contribution >= 0.6 is 0 Å². The molecule has 15 heavy (non-hydrogen) atoms. The molecule has 0 aromatic heterocycles. The van der Waals surface area contributed by atoms with Gasteiger partial charge in [-0.2, -0.15) is 0 Å². The molecule has 0 saturated carbocycles. The van der Waals surface area contributed by atoms with Crippen LogP contribution in [0.3, 0.4) is 0 Å². The fourth-order valence-electron chi connectivity index (χ4n) is 2.81. The largest absolute Gasteiger partial charge is 0.0651 e. The average molecular weight is 212 g/mol. The zero-order valence-electron chi connectivity index (χ0n) is 11.8. The Labute approximate surface area is 97.8 Å². The van der Waals surface area contributed by atoms with E-state index in [1.54, 1.807) is 0 Å². The van der Waals surface area contributed by atoms with Gasteiger partial charge >= 0.3 is 0 Å². The van der Waals surface area contributed by atoms with E-state index in [9.17, 15) is 0 Å². The van der Waals surface area contributed by atoms with Crippen molar-refractivity contribution >= 4 is 0 Å². The van der Waals surface area contributed by atoms with E-state index in [4.69, 9.17) is 0 Å². The monoisotopic (exact) mass is 212 g/mol. The molecular weight excluding hydrogens is 180 g/mol. The van der Waals surface area contributed by atoms with E-state index in [-0.39, 0.29) is 0 Å². The first-order valence-corrected chi connectivity index (χ1v) is 7.06. The maximum atomic E-state index is 2.45. The fourth-order valence-corrected chi connectivity index (χ4v) is 2.81. The van der Waals surface area contributed by atoms with Crippen LogP contribution in [0.25, 0.3) is 0 Å².